The minimum atomic E-state index is -0.797. The lowest BCUT2D eigenvalue weighted by Crippen LogP contribution is -2.52. The molecular formula is C12H18N4O2S. The number of nitrogens with two attached hydrogens (primary N) is 1. The van der Waals surface area contributed by atoms with E-state index < -0.39 is 5.41 Å². The molecule has 0 spiro atoms. The van der Waals surface area contributed by atoms with Gasteiger partial charge in [-0.3, -0.25) is 4.79 Å². The molecule has 6 nitrogen and oxygen atoms in total. The maximum atomic E-state index is 12.5. The predicted molar refractivity (Wildman–Crippen MR) is 74.4 cm³/mol. The number of nitrogens with one attached hydrogen (secondary N) is 2. The smallest absolute Gasteiger partial charge is 0.233 e. The third kappa shape index (κ3) is 2.76. The summed E-state index contributed by atoms with van der Waals surface area (Å²) in [4.78, 5) is 19.8. The molecule has 1 aliphatic heterocycles. The first-order chi connectivity index (χ1) is 9.06. The Balaban J connectivity index is 2.10. The number of imidazole rings is 1. The first kappa shape index (κ1) is 14.0. The van der Waals surface area contributed by atoms with Crippen LogP contribution in [0.2, 0.25) is 0 Å². The van der Waals surface area contributed by atoms with Crippen LogP contribution in [0.25, 0.3) is 0 Å². The number of hydrogen-bond acceptors (Lipinski definition) is 4. The van der Waals surface area contributed by atoms with E-state index in [0.29, 0.717) is 31.9 Å². The highest BCUT2D eigenvalue weighted by atomic mass is 32.1. The molecular weight excluding hydrogens is 264 g/mol. The van der Waals surface area contributed by atoms with Crippen LogP contribution in [0, 0.1) is 5.41 Å². The molecule has 7 heteroatoms. The van der Waals surface area contributed by atoms with Crippen molar-refractivity contribution in [3.63, 3.8) is 0 Å². The fourth-order valence-electron chi connectivity index (χ4n) is 2.22. The summed E-state index contributed by atoms with van der Waals surface area (Å²) in [6, 6.07) is -0.212. The highest BCUT2D eigenvalue weighted by molar-refractivity contribution is 7.80. The lowest BCUT2D eigenvalue weighted by molar-refractivity contribution is -0.132. The van der Waals surface area contributed by atoms with Crippen molar-refractivity contribution >= 4 is 23.1 Å². The van der Waals surface area contributed by atoms with E-state index >= 15 is 0 Å². The number of thiocarbonyl (C=S) groups is 1. The third-order valence-electron chi connectivity index (χ3n) is 3.53. The van der Waals surface area contributed by atoms with Crippen LogP contribution in [0.4, 0.5) is 0 Å². The number of hydrogen-bond donors (Lipinski definition) is 3. The van der Waals surface area contributed by atoms with Crippen LogP contribution in [-0.4, -0.2) is 34.1 Å². The summed E-state index contributed by atoms with van der Waals surface area (Å²) in [6.07, 6.45) is 4.42. The second kappa shape index (κ2) is 5.66. The number of aromatic nitrogens is 2. The zero-order valence-corrected chi connectivity index (χ0v) is 11.6. The van der Waals surface area contributed by atoms with E-state index in [1.807, 2.05) is 6.92 Å². The van der Waals surface area contributed by atoms with Crippen LogP contribution in [0.1, 0.15) is 31.6 Å². The normalized spacial score (nSPS) is 19.6. The first-order valence-corrected chi connectivity index (χ1v) is 6.65. The Morgan fingerprint density at radius 2 is 2.32 bits per heavy atom. The first-order valence-electron chi connectivity index (χ1n) is 6.24. The van der Waals surface area contributed by atoms with Gasteiger partial charge >= 0.3 is 0 Å². The van der Waals surface area contributed by atoms with Gasteiger partial charge in [-0.25, -0.2) is 4.98 Å². The Morgan fingerprint density at radius 1 is 1.63 bits per heavy atom. The summed E-state index contributed by atoms with van der Waals surface area (Å²) in [6.45, 7) is 2.86. The highest BCUT2D eigenvalue weighted by Gasteiger charge is 2.43. The maximum absolute atomic E-state index is 12.5. The number of carbonyl (C=O) groups is 1. The minimum Gasteiger partial charge on any atom is -0.392 e. The molecule has 1 aromatic rings. The summed E-state index contributed by atoms with van der Waals surface area (Å²) >= 11 is 5.09. The average Bonchev–Trinajstić information content (AvgIpc) is 2.93. The van der Waals surface area contributed by atoms with Gasteiger partial charge in [0.2, 0.25) is 5.91 Å². The van der Waals surface area contributed by atoms with E-state index in [9.17, 15) is 4.79 Å². The van der Waals surface area contributed by atoms with Gasteiger partial charge in [-0.15, -0.1) is 0 Å². The van der Waals surface area contributed by atoms with Crippen LogP contribution >= 0.6 is 12.2 Å². The number of H-pyrrole nitrogens is 1. The number of amides is 1. The third-order valence-corrected chi connectivity index (χ3v) is 3.92. The van der Waals surface area contributed by atoms with Crippen molar-refractivity contribution in [2.45, 2.75) is 25.8 Å². The fourth-order valence-corrected chi connectivity index (χ4v) is 2.52. The Kier molecular flexibility index (Phi) is 4.16. The van der Waals surface area contributed by atoms with Crippen molar-refractivity contribution in [2.24, 2.45) is 11.1 Å². The summed E-state index contributed by atoms with van der Waals surface area (Å²) in [5.74, 6) is 0.561. The molecule has 1 aliphatic rings. The van der Waals surface area contributed by atoms with E-state index in [2.05, 4.69) is 15.3 Å². The summed E-state index contributed by atoms with van der Waals surface area (Å²) in [7, 11) is 0. The zero-order valence-electron chi connectivity index (χ0n) is 10.8. The molecule has 1 amide bonds. The number of carbonyl (C=O) groups excluding carboxylic acids is 1. The molecule has 0 aromatic carbocycles. The number of aromatic amines is 1. The van der Waals surface area contributed by atoms with Gasteiger partial charge in [0.25, 0.3) is 0 Å². The van der Waals surface area contributed by atoms with E-state index in [1.165, 1.54) is 0 Å². The average molecular weight is 282 g/mol. The lowest BCUT2D eigenvalue weighted by atomic mass is 9.79. The van der Waals surface area contributed by atoms with Crippen molar-refractivity contribution in [3.05, 3.63) is 18.2 Å². The molecule has 2 heterocycles. The van der Waals surface area contributed by atoms with Crippen LogP contribution < -0.4 is 11.1 Å². The van der Waals surface area contributed by atoms with Crippen molar-refractivity contribution in [3.8, 4) is 0 Å². The standard InChI is InChI=1S/C12H18N4O2S/c1-8(9-14-4-5-15-9)16-11(17)12(10(13)19)2-6-18-7-3-12/h4-5,8H,2-3,6-7H2,1H3,(H2,13,19)(H,14,15)(H,16,17). The summed E-state index contributed by atoms with van der Waals surface area (Å²) in [5, 5.41) is 2.92. The molecule has 1 atom stereocenters. The molecule has 0 saturated carbocycles. The van der Waals surface area contributed by atoms with E-state index in [4.69, 9.17) is 22.7 Å². The molecule has 0 aliphatic carbocycles. The van der Waals surface area contributed by atoms with Gasteiger partial charge in [0.15, 0.2) is 0 Å². The van der Waals surface area contributed by atoms with Crippen LogP contribution in [-0.2, 0) is 9.53 Å². The molecule has 0 bridgehead atoms. The van der Waals surface area contributed by atoms with Crippen molar-refractivity contribution in [1.82, 2.24) is 15.3 Å². The second-order valence-electron chi connectivity index (χ2n) is 4.73. The van der Waals surface area contributed by atoms with E-state index in [0.717, 1.165) is 0 Å². The van der Waals surface area contributed by atoms with Gasteiger partial charge in [-0.2, -0.15) is 0 Å². The quantitative estimate of drug-likeness (QED) is 0.706. The maximum Gasteiger partial charge on any atom is 0.233 e. The van der Waals surface area contributed by atoms with Gasteiger partial charge in [0.1, 0.15) is 11.2 Å². The summed E-state index contributed by atoms with van der Waals surface area (Å²) in [5.41, 5.74) is 4.99. The summed E-state index contributed by atoms with van der Waals surface area (Å²) < 4.78 is 5.29. The monoisotopic (exact) mass is 282 g/mol. The van der Waals surface area contributed by atoms with Gasteiger partial charge in [-0.05, 0) is 19.8 Å². The Morgan fingerprint density at radius 3 is 2.84 bits per heavy atom. The molecule has 1 aromatic heterocycles. The molecule has 104 valence electrons. The van der Waals surface area contributed by atoms with Crippen LogP contribution in [0.3, 0.4) is 0 Å². The van der Waals surface area contributed by atoms with Gasteiger partial charge in [0, 0.05) is 25.6 Å². The molecule has 1 fully saturated rings. The highest BCUT2D eigenvalue weighted by Crippen LogP contribution is 2.32. The molecule has 1 unspecified atom stereocenters. The van der Waals surface area contributed by atoms with Crippen molar-refractivity contribution < 1.29 is 9.53 Å². The number of ether oxygens (including phenoxy) is 1. The largest absolute Gasteiger partial charge is 0.392 e. The van der Waals surface area contributed by atoms with E-state index in [1.54, 1.807) is 12.4 Å². The van der Waals surface area contributed by atoms with Crippen LogP contribution in [0.15, 0.2) is 12.4 Å². The molecule has 4 N–H and O–H groups in total. The van der Waals surface area contributed by atoms with Gasteiger partial charge in [-0.1, -0.05) is 12.2 Å². The Bertz CT molecular complexity index is 454. The van der Waals surface area contributed by atoms with Crippen molar-refractivity contribution in [2.75, 3.05) is 13.2 Å². The van der Waals surface area contributed by atoms with Gasteiger partial charge in [0.05, 0.1) is 11.0 Å². The van der Waals surface area contributed by atoms with Gasteiger partial charge < -0.3 is 20.8 Å². The molecule has 2 rings (SSSR count). The predicted octanol–water partition coefficient (Wildman–Crippen LogP) is 0.670. The Labute approximate surface area is 117 Å². The lowest BCUT2D eigenvalue weighted by Gasteiger charge is -2.35. The second-order valence-corrected chi connectivity index (χ2v) is 5.17. The Hall–Kier alpha value is -1.47. The molecule has 19 heavy (non-hydrogen) atoms. The molecule has 0 radical (unpaired) electrons. The minimum absolute atomic E-state index is 0.146. The fraction of sp³-hybridized carbons (Fsp3) is 0.583. The van der Waals surface area contributed by atoms with Crippen molar-refractivity contribution in [1.29, 1.82) is 0 Å². The topological polar surface area (TPSA) is 93.0 Å². The number of nitrogens with zero attached hydrogens (tertiary/aromatic N) is 1. The van der Waals surface area contributed by atoms with E-state index in [-0.39, 0.29) is 16.9 Å². The van der Waals surface area contributed by atoms with Crippen LogP contribution in [0.5, 0.6) is 0 Å². The SMILES string of the molecule is CC(NC(=O)C1(C(N)=S)CCOCC1)c1ncc[nH]1. The zero-order chi connectivity index (χ0) is 13.9. The number of rotatable bonds is 4. The molecule has 1 saturated heterocycles.